The van der Waals surface area contributed by atoms with Crippen molar-refractivity contribution in [1.82, 2.24) is 10.2 Å². The SMILES string of the molecule is COc1cc(CNC(=O)[C@@H]2CCCN(C(=O)C(C)(C)C)C2)ccc1C. The van der Waals surface area contributed by atoms with E-state index in [4.69, 9.17) is 4.74 Å². The molecule has 1 aliphatic heterocycles. The molecule has 0 bridgehead atoms. The molecule has 1 saturated heterocycles. The standard InChI is InChI=1S/C20H30N2O3/c1-14-8-9-15(11-17(14)25-5)12-21-18(23)16-7-6-10-22(13-16)19(24)20(2,3)4/h8-9,11,16H,6-7,10,12-13H2,1-5H3,(H,21,23)/t16-/m1/s1. The molecular formula is C20H30N2O3. The number of amides is 2. The molecule has 0 unspecified atom stereocenters. The molecule has 5 heteroatoms. The van der Waals surface area contributed by atoms with Crippen LogP contribution in [0.3, 0.4) is 0 Å². The minimum Gasteiger partial charge on any atom is -0.496 e. The van der Waals surface area contributed by atoms with Gasteiger partial charge in [-0.1, -0.05) is 32.9 Å². The molecule has 5 nitrogen and oxygen atoms in total. The van der Waals surface area contributed by atoms with E-state index in [-0.39, 0.29) is 17.7 Å². The van der Waals surface area contributed by atoms with Crippen molar-refractivity contribution in [3.05, 3.63) is 29.3 Å². The Morgan fingerprint density at radius 3 is 2.68 bits per heavy atom. The van der Waals surface area contributed by atoms with E-state index in [1.54, 1.807) is 7.11 Å². The monoisotopic (exact) mass is 346 g/mol. The fourth-order valence-electron chi connectivity index (χ4n) is 3.16. The zero-order chi connectivity index (χ0) is 18.6. The highest BCUT2D eigenvalue weighted by atomic mass is 16.5. The summed E-state index contributed by atoms with van der Waals surface area (Å²) in [7, 11) is 1.65. The van der Waals surface area contributed by atoms with Gasteiger partial charge in [0.05, 0.1) is 13.0 Å². The number of methoxy groups -OCH3 is 1. The van der Waals surface area contributed by atoms with Crippen molar-refractivity contribution in [2.75, 3.05) is 20.2 Å². The predicted octanol–water partition coefficient (Wildman–Crippen LogP) is 2.90. The fraction of sp³-hybridized carbons (Fsp3) is 0.600. The van der Waals surface area contributed by atoms with Crippen molar-refractivity contribution in [3.63, 3.8) is 0 Å². The maximum Gasteiger partial charge on any atom is 0.227 e. The molecule has 138 valence electrons. The molecule has 2 rings (SSSR count). The Morgan fingerprint density at radius 2 is 2.04 bits per heavy atom. The van der Waals surface area contributed by atoms with Crippen LogP contribution in [0.2, 0.25) is 0 Å². The summed E-state index contributed by atoms with van der Waals surface area (Å²) in [6.45, 7) is 9.48. The largest absolute Gasteiger partial charge is 0.496 e. The van der Waals surface area contributed by atoms with Crippen molar-refractivity contribution < 1.29 is 14.3 Å². The molecule has 1 aromatic rings. The van der Waals surface area contributed by atoms with Gasteiger partial charge < -0.3 is 15.0 Å². The first-order chi connectivity index (χ1) is 11.7. The van der Waals surface area contributed by atoms with Gasteiger partial charge >= 0.3 is 0 Å². The average molecular weight is 346 g/mol. The Hall–Kier alpha value is -2.04. The van der Waals surface area contributed by atoms with Crippen LogP contribution in [0.25, 0.3) is 0 Å². The zero-order valence-electron chi connectivity index (χ0n) is 16.0. The topological polar surface area (TPSA) is 58.6 Å². The molecule has 2 amide bonds. The van der Waals surface area contributed by atoms with Gasteiger partial charge in [0.2, 0.25) is 11.8 Å². The Bertz CT molecular complexity index is 634. The molecular weight excluding hydrogens is 316 g/mol. The number of hydrogen-bond acceptors (Lipinski definition) is 3. The van der Waals surface area contributed by atoms with Gasteiger partial charge in [-0.15, -0.1) is 0 Å². The van der Waals surface area contributed by atoms with E-state index in [2.05, 4.69) is 5.32 Å². The van der Waals surface area contributed by atoms with Gasteiger partial charge in [0, 0.05) is 25.0 Å². The van der Waals surface area contributed by atoms with Crippen molar-refractivity contribution in [2.24, 2.45) is 11.3 Å². The molecule has 0 aromatic heterocycles. The van der Waals surface area contributed by atoms with E-state index in [9.17, 15) is 9.59 Å². The van der Waals surface area contributed by atoms with E-state index in [1.165, 1.54) is 0 Å². The number of aryl methyl sites for hydroxylation is 1. The lowest BCUT2D eigenvalue weighted by Crippen LogP contribution is -2.48. The number of carbonyl (C=O) groups excluding carboxylic acids is 2. The number of nitrogens with zero attached hydrogens (tertiary/aromatic N) is 1. The Morgan fingerprint density at radius 1 is 1.32 bits per heavy atom. The van der Waals surface area contributed by atoms with E-state index >= 15 is 0 Å². The number of hydrogen-bond donors (Lipinski definition) is 1. The van der Waals surface area contributed by atoms with Crippen LogP contribution in [-0.4, -0.2) is 36.9 Å². The van der Waals surface area contributed by atoms with E-state index in [1.807, 2.05) is 50.8 Å². The number of rotatable bonds is 4. The lowest BCUT2D eigenvalue weighted by atomic mass is 9.91. The molecule has 1 heterocycles. The summed E-state index contributed by atoms with van der Waals surface area (Å²) >= 11 is 0. The number of nitrogens with one attached hydrogen (secondary N) is 1. The van der Waals surface area contributed by atoms with Gasteiger partial charge in [0.1, 0.15) is 5.75 Å². The molecule has 1 fully saturated rings. The zero-order valence-corrected chi connectivity index (χ0v) is 16.0. The minimum atomic E-state index is -0.406. The summed E-state index contributed by atoms with van der Waals surface area (Å²) < 4.78 is 5.32. The molecule has 1 aromatic carbocycles. The number of benzene rings is 1. The third kappa shape index (κ3) is 4.97. The van der Waals surface area contributed by atoms with Crippen molar-refractivity contribution in [1.29, 1.82) is 0 Å². The van der Waals surface area contributed by atoms with Crippen molar-refractivity contribution in [2.45, 2.75) is 47.1 Å². The second-order valence-corrected chi connectivity index (χ2v) is 7.86. The first-order valence-electron chi connectivity index (χ1n) is 8.93. The highest BCUT2D eigenvalue weighted by molar-refractivity contribution is 5.83. The predicted molar refractivity (Wildman–Crippen MR) is 98.3 cm³/mol. The Labute approximate surface area is 150 Å². The number of ether oxygens (including phenoxy) is 1. The van der Waals surface area contributed by atoms with Gasteiger partial charge in [-0.25, -0.2) is 0 Å². The molecule has 0 radical (unpaired) electrons. The van der Waals surface area contributed by atoms with Crippen molar-refractivity contribution in [3.8, 4) is 5.75 Å². The molecule has 0 aliphatic carbocycles. The lowest BCUT2D eigenvalue weighted by Gasteiger charge is -2.35. The van der Waals surface area contributed by atoms with Crippen LogP contribution in [-0.2, 0) is 16.1 Å². The second-order valence-electron chi connectivity index (χ2n) is 7.86. The third-order valence-electron chi connectivity index (χ3n) is 4.66. The van der Waals surface area contributed by atoms with Gasteiger partial charge in [-0.3, -0.25) is 9.59 Å². The average Bonchev–Trinajstić information content (AvgIpc) is 2.59. The van der Waals surface area contributed by atoms with E-state index < -0.39 is 5.41 Å². The number of carbonyl (C=O) groups is 2. The van der Waals surface area contributed by atoms with Crippen LogP contribution in [0.1, 0.15) is 44.7 Å². The fourth-order valence-corrected chi connectivity index (χ4v) is 3.16. The summed E-state index contributed by atoms with van der Waals surface area (Å²) in [6, 6.07) is 5.94. The number of likely N-dealkylation sites (tertiary alicyclic amines) is 1. The Kier molecular flexibility index (Phi) is 6.09. The van der Waals surface area contributed by atoms with E-state index in [0.29, 0.717) is 13.1 Å². The second kappa shape index (κ2) is 7.89. The van der Waals surface area contributed by atoms with Gasteiger partial charge in [0.15, 0.2) is 0 Å². The van der Waals surface area contributed by atoms with Crippen molar-refractivity contribution >= 4 is 11.8 Å². The molecule has 25 heavy (non-hydrogen) atoms. The molecule has 0 saturated carbocycles. The first-order valence-corrected chi connectivity index (χ1v) is 8.93. The van der Waals surface area contributed by atoms with Gasteiger partial charge in [0.25, 0.3) is 0 Å². The quantitative estimate of drug-likeness (QED) is 0.912. The van der Waals surface area contributed by atoms with Gasteiger partial charge in [-0.2, -0.15) is 0 Å². The highest BCUT2D eigenvalue weighted by Crippen LogP contribution is 2.24. The van der Waals surface area contributed by atoms with Crippen LogP contribution in [0.4, 0.5) is 0 Å². The highest BCUT2D eigenvalue weighted by Gasteiger charge is 2.33. The van der Waals surface area contributed by atoms with Crippen LogP contribution in [0.5, 0.6) is 5.75 Å². The normalized spacial score (nSPS) is 18.0. The smallest absolute Gasteiger partial charge is 0.227 e. The first kappa shape index (κ1) is 19.3. The molecule has 1 N–H and O–H groups in total. The van der Waals surface area contributed by atoms with Crippen LogP contribution in [0.15, 0.2) is 18.2 Å². The minimum absolute atomic E-state index is 0.0194. The molecule has 0 spiro atoms. The summed E-state index contributed by atoms with van der Waals surface area (Å²) in [4.78, 5) is 26.8. The summed E-state index contributed by atoms with van der Waals surface area (Å²) in [5.74, 6) is 0.831. The van der Waals surface area contributed by atoms with Gasteiger partial charge in [-0.05, 0) is 37.0 Å². The lowest BCUT2D eigenvalue weighted by molar-refractivity contribution is -0.142. The Balaban J connectivity index is 1.93. The summed E-state index contributed by atoms with van der Waals surface area (Å²) in [5, 5.41) is 3.01. The molecule has 1 atom stereocenters. The summed E-state index contributed by atoms with van der Waals surface area (Å²) in [5.41, 5.74) is 1.67. The maximum absolute atomic E-state index is 12.5. The third-order valence-corrected chi connectivity index (χ3v) is 4.66. The van der Waals surface area contributed by atoms with Crippen LogP contribution in [0, 0.1) is 18.3 Å². The van der Waals surface area contributed by atoms with Crippen LogP contribution < -0.4 is 10.1 Å². The maximum atomic E-state index is 12.5. The van der Waals surface area contributed by atoms with Crippen LogP contribution >= 0.6 is 0 Å². The summed E-state index contributed by atoms with van der Waals surface area (Å²) in [6.07, 6.45) is 1.70. The van der Waals surface area contributed by atoms with E-state index in [0.717, 1.165) is 36.3 Å². The molecule has 1 aliphatic rings. The number of piperidine rings is 1.